The van der Waals surface area contributed by atoms with Gasteiger partial charge < -0.3 is 0 Å². The summed E-state index contributed by atoms with van der Waals surface area (Å²) in [5.41, 5.74) is 2.88. The van der Waals surface area contributed by atoms with E-state index in [1.54, 1.807) is 0 Å². The zero-order valence-corrected chi connectivity index (χ0v) is 15.8. The summed E-state index contributed by atoms with van der Waals surface area (Å²) in [4.78, 5) is 12.3. The molecule has 24 heavy (non-hydrogen) atoms. The molecule has 3 aromatic rings. The van der Waals surface area contributed by atoms with Crippen molar-refractivity contribution in [2.45, 2.75) is 19.0 Å². The molecule has 0 radical (unpaired) electrons. The predicted molar refractivity (Wildman–Crippen MR) is 100 cm³/mol. The number of hydrogen-bond donors (Lipinski definition) is 0. The number of aryl methyl sites for hydroxylation is 2. The van der Waals surface area contributed by atoms with Gasteiger partial charge in [0.25, 0.3) is 0 Å². The molecule has 0 saturated carbocycles. The predicted octanol–water partition coefficient (Wildman–Crippen LogP) is 4.62. The van der Waals surface area contributed by atoms with E-state index < -0.39 is 0 Å². The first-order valence-corrected chi connectivity index (χ1v) is 9.23. The van der Waals surface area contributed by atoms with E-state index >= 15 is 0 Å². The van der Waals surface area contributed by atoms with Crippen molar-refractivity contribution in [3.63, 3.8) is 0 Å². The molecule has 0 bridgehead atoms. The highest BCUT2D eigenvalue weighted by atomic mass is 79.9. The summed E-state index contributed by atoms with van der Waals surface area (Å²) >= 11 is 4.78. The Morgan fingerprint density at radius 3 is 2.58 bits per heavy atom. The topological polar surface area (TPSA) is 47.8 Å². The summed E-state index contributed by atoms with van der Waals surface area (Å²) in [7, 11) is 0. The van der Waals surface area contributed by atoms with E-state index in [0.717, 1.165) is 21.1 Å². The molecule has 0 fully saturated rings. The minimum Gasteiger partial charge on any atom is -0.293 e. The van der Waals surface area contributed by atoms with Crippen LogP contribution in [0.2, 0.25) is 0 Å². The quantitative estimate of drug-likeness (QED) is 0.462. The Labute approximate surface area is 153 Å². The van der Waals surface area contributed by atoms with Crippen LogP contribution in [0.5, 0.6) is 0 Å². The van der Waals surface area contributed by atoms with Gasteiger partial charge in [0, 0.05) is 15.7 Å². The molecule has 0 amide bonds. The first-order chi connectivity index (χ1) is 11.5. The Morgan fingerprint density at radius 2 is 1.88 bits per heavy atom. The number of benzene rings is 2. The highest BCUT2D eigenvalue weighted by Crippen LogP contribution is 2.23. The van der Waals surface area contributed by atoms with Crippen LogP contribution in [0.25, 0.3) is 5.69 Å². The Balaban J connectivity index is 1.79. The summed E-state index contributed by atoms with van der Waals surface area (Å²) in [5, 5.41) is 9.10. The average molecular weight is 402 g/mol. The molecular formula is C18H16BrN3OS. The first-order valence-electron chi connectivity index (χ1n) is 7.45. The van der Waals surface area contributed by atoms with Gasteiger partial charge in [0.05, 0.1) is 5.75 Å². The van der Waals surface area contributed by atoms with Crippen LogP contribution < -0.4 is 0 Å². The molecule has 0 saturated heterocycles. The van der Waals surface area contributed by atoms with Crippen LogP contribution in [0.1, 0.15) is 21.7 Å². The van der Waals surface area contributed by atoms with Crippen molar-refractivity contribution in [2.75, 3.05) is 5.75 Å². The van der Waals surface area contributed by atoms with E-state index in [0.29, 0.717) is 11.3 Å². The second kappa shape index (κ2) is 7.32. The summed E-state index contributed by atoms with van der Waals surface area (Å²) in [5.74, 6) is 1.20. The van der Waals surface area contributed by atoms with E-state index in [1.165, 1.54) is 17.3 Å². The van der Waals surface area contributed by atoms with Crippen LogP contribution >= 0.6 is 27.7 Å². The molecule has 6 heteroatoms. The van der Waals surface area contributed by atoms with Gasteiger partial charge in [0.1, 0.15) is 5.82 Å². The minimum absolute atomic E-state index is 0.0731. The number of rotatable bonds is 5. The molecule has 0 N–H and O–H groups in total. The number of aromatic nitrogens is 3. The maximum absolute atomic E-state index is 12.3. The standard InChI is InChI=1S/C18H16BrN3OS/c1-12-4-3-5-16(10-12)22-13(2)20-21-18(22)24-11-17(23)14-6-8-15(19)9-7-14/h3-10H,11H2,1-2H3. The van der Waals surface area contributed by atoms with E-state index in [1.807, 2.05) is 60.9 Å². The molecular weight excluding hydrogens is 386 g/mol. The number of thioether (sulfide) groups is 1. The van der Waals surface area contributed by atoms with Crippen molar-refractivity contribution < 1.29 is 4.79 Å². The summed E-state index contributed by atoms with van der Waals surface area (Å²) in [6.07, 6.45) is 0. The molecule has 3 rings (SSSR count). The zero-order valence-electron chi connectivity index (χ0n) is 13.4. The first kappa shape index (κ1) is 16.9. The summed E-state index contributed by atoms with van der Waals surface area (Å²) < 4.78 is 2.94. The van der Waals surface area contributed by atoms with E-state index in [-0.39, 0.29) is 5.78 Å². The summed E-state index contributed by atoms with van der Waals surface area (Å²) in [6, 6.07) is 15.5. The third kappa shape index (κ3) is 3.76. The number of Topliss-reactive ketones (excluding diaryl/α,β-unsaturated/α-hetero) is 1. The number of nitrogens with zero attached hydrogens (tertiary/aromatic N) is 3. The van der Waals surface area contributed by atoms with Gasteiger partial charge in [-0.05, 0) is 43.7 Å². The van der Waals surface area contributed by atoms with Crippen LogP contribution in [0.15, 0.2) is 58.2 Å². The fraction of sp³-hybridized carbons (Fsp3) is 0.167. The van der Waals surface area contributed by atoms with Crippen molar-refractivity contribution in [1.82, 2.24) is 14.8 Å². The lowest BCUT2D eigenvalue weighted by Crippen LogP contribution is -2.05. The smallest absolute Gasteiger partial charge is 0.196 e. The van der Waals surface area contributed by atoms with Gasteiger partial charge >= 0.3 is 0 Å². The molecule has 0 spiro atoms. The lowest BCUT2D eigenvalue weighted by molar-refractivity contribution is 0.102. The lowest BCUT2D eigenvalue weighted by atomic mass is 10.2. The third-order valence-corrected chi connectivity index (χ3v) is 5.01. The van der Waals surface area contributed by atoms with Gasteiger partial charge in [0.2, 0.25) is 0 Å². The fourth-order valence-electron chi connectivity index (χ4n) is 2.35. The van der Waals surface area contributed by atoms with Gasteiger partial charge in [-0.25, -0.2) is 0 Å². The Morgan fingerprint density at radius 1 is 1.12 bits per heavy atom. The molecule has 0 aliphatic heterocycles. The Hall–Kier alpha value is -1.92. The molecule has 4 nitrogen and oxygen atoms in total. The SMILES string of the molecule is Cc1cccc(-n2c(C)nnc2SCC(=O)c2ccc(Br)cc2)c1. The maximum atomic E-state index is 12.3. The van der Waals surface area contributed by atoms with Crippen LogP contribution in [0.4, 0.5) is 0 Å². The van der Waals surface area contributed by atoms with Crippen LogP contribution in [0, 0.1) is 13.8 Å². The van der Waals surface area contributed by atoms with Gasteiger partial charge in [0.15, 0.2) is 10.9 Å². The normalized spacial score (nSPS) is 10.8. The van der Waals surface area contributed by atoms with E-state index in [4.69, 9.17) is 0 Å². The number of carbonyl (C=O) groups excluding carboxylic acids is 1. The summed E-state index contributed by atoms with van der Waals surface area (Å²) in [6.45, 7) is 3.96. The highest BCUT2D eigenvalue weighted by molar-refractivity contribution is 9.10. The van der Waals surface area contributed by atoms with Crippen molar-refractivity contribution in [3.8, 4) is 5.69 Å². The van der Waals surface area contributed by atoms with Gasteiger partial charge in [-0.2, -0.15) is 0 Å². The monoisotopic (exact) mass is 401 g/mol. The van der Waals surface area contributed by atoms with E-state index in [2.05, 4.69) is 32.2 Å². The van der Waals surface area contributed by atoms with Crippen molar-refractivity contribution in [2.24, 2.45) is 0 Å². The molecule has 0 aliphatic carbocycles. The minimum atomic E-state index is 0.0731. The molecule has 1 aromatic heterocycles. The van der Waals surface area contributed by atoms with Crippen LogP contribution in [-0.4, -0.2) is 26.3 Å². The Bertz CT molecular complexity index is 874. The van der Waals surface area contributed by atoms with Gasteiger partial charge in [-0.1, -0.05) is 52.0 Å². The van der Waals surface area contributed by atoms with Gasteiger partial charge in [-0.15, -0.1) is 10.2 Å². The molecule has 0 aliphatic rings. The molecule has 0 unspecified atom stereocenters. The zero-order chi connectivity index (χ0) is 17.1. The number of ketones is 1. The maximum Gasteiger partial charge on any atom is 0.196 e. The lowest BCUT2D eigenvalue weighted by Gasteiger charge is -2.09. The second-order valence-corrected chi connectivity index (χ2v) is 7.28. The van der Waals surface area contributed by atoms with Crippen molar-refractivity contribution >= 4 is 33.5 Å². The van der Waals surface area contributed by atoms with Gasteiger partial charge in [-0.3, -0.25) is 9.36 Å². The Kier molecular flexibility index (Phi) is 5.16. The fourth-order valence-corrected chi connectivity index (χ4v) is 3.51. The second-order valence-electron chi connectivity index (χ2n) is 5.42. The van der Waals surface area contributed by atoms with Crippen LogP contribution in [-0.2, 0) is 0 Å². The molecule has 0 atom stereocenters. The van der Waals surface area contributed by atoms with Crippen molar-refractivity contribution in [3.05, 3.63) is 70.0 Å². The number of halogens is 1. The molecule has 122 valence electrons. The largest absolute Gasteiger partial charge is 0.293 e. The average Bonchev–Trinajstić information content (AvgIpc) is 2.94. The molecule has 1 heterocycles. The van der Waals surface area contributed by atoms with Crippen LogP contribution in [0.3, 0.4) is 0 Å². The number of carbonyl (C=O) groups is 1. The number of hydrogen-bond acceptors (Lipinski definition) is 4. The van der Waals surface area contributed by atoms with Crippen molar-refractivity contribution in [1.29, 1.82) is 0 Å². The third-order valence-electron chi connectivity index (χ3n) is 3.55. The highest BCUT2D eigenvalue weighted by Gasteiger charge is 2.14. The van der Waals surface area contributed by atoms with E-state index in [9.17, 15) is 4.79 Å². The molecule has 2 aromatic carbocycles.